The Bertz CT molecular complexity index is 615. The second-order valence-corrected chi connectivity index (χ2v) is 6.75. The molecule has 1 N–H and O–H groups in total. The monoisotopic (exact) mass is 346 g/mol. The maximum absolute atomic E-state index is 11.9. The molecule has 1 saturated heterocycles. The summed E-state index contributed by atoms with van der Waals surface area (Å²) in [6.45, 7) is 7.01. The van der Waals surface area contributed by atoms with Gasteiger partial charge in [0.05, 0.1) is 19.6 Å². The third-order valence-electron chi connectivity index (χ3n) is 4.59. The van der Waals surface area contributed by atoms with Crippen molar-refractivity contribution in [3.05, 3.63) is 29.8 Å². The van der Waals surface area contributed by atoms with Gasteiger partial charge in [-0.15, -0.1) is 0 Å². The van der Waals surface area contributed by atoms with Gasteiger partial charge < -0.3 is 19.9 Å². The van der Waals surface area contributed by atoms with E-state index in [1.165, 1.54) is 18.4 Å². The zero-order valence-electron chi connectivity index (χ0n) is 16.0. The van der Waals surface area contributed by atoms with E-state index in [9.17, 15) is 4.79 Å². The quantitative estimate of drug-likeness (QED) is 0.502. The van der Waals surface area contributed by atoms with Gasteiger partial charge in [0, 0.05) is 39.4 Å². The second-order valence-electron chi connectivity index (χ2n) is 6.75. The first kappa shape index (κ1) is 19.1. The van der Waals surface area contributed by atoms with Gasteiger partial charge in [0.1, 0.15) is 0 Å². The van der Waals surface area contributed by atoms with Gasteiger partial charge in [-0.1, -0.05) is 19.1 Å². The maximum atomic E-state index is 11.9. The molecule has 1 fully saturated rings. The van der Waals surface area contributed by atoms with Crippen molar-refractivity contribution in [2.24, 2.45) is 16.8 Å². The zero-order chi connectivity index (χ0) is 18.4. The molecule has 0 spiro atoms. The van der Waals surface area contributed by atoms with Crippen molar-refractivity contribution in [1.29, 1.82) is 0 Å². The van der Waals surface area contributed by atoms with Crippen LogP contribution in [0.15, 0.2) is 29.3 Å². The first-order valence-corrected chi connectivity index (χ1v) is 8.83. The molecule has 0 bridgehead atoms. The van der Waals surface area contributed by atoms with Crippen molar-refractivity contribution in [3.8, 4) is 0 Å². The molecular formula is C19H30N4O2. The summed E-state index contributed by atoms with van der Waals surface area (Å²) in [5.74, 6) is 0.889. The van der Waals surface area contributed by atoms with Crippen LogP contribution in [0.25, 0.3) is 0 Å². The Hall–Kier alpha value is -2.24. The second kappa shape index (κ2) is 8.74. The van der Waals surface area contributed by atoms with E-state index >= 15 is 0 Å². The van der Waals surface area contributed by atoms with Gasteiger partial charge in [0.2, 0.25) is 0 Å². The van der Waals surface area contributed by atoms with Crippen LogP contribution in [0.4, 0.5) is 5.69 Å². The zero-order valence-corrected chi connectivity index (χ0v) is 16.0. The Labute approximate surface area is 150 Å². The molecule has 138 valence electrons. The highest BCUT2D eigenvalue weighted by molar-refractivity contribution is 5.82. The van der Waals surface area contributed by atoms with E-state index in [0.29, 0.717) is 13.1 Å². The lowest BCUT2D eigenvalue weighted by atomic mass is 9.99. The van der Waals surface area contributed by atoms with Crippen LogP contribution in [-0.2, 0) is 16.1 Å². The normalized spacial score (nSPS) is 20.5. The standard InChI is InChI=1S/C19H30N4O2/c1-6-20-19(23-12-14(2)17(13-23)18(24)25-5)21-11-15-8-7-9-16(10-15)22(3)4/h7-10,14,17H,6,11-13H2,1-5H3,(H,20,21). The number of guanidine groups is 1. The van der Waals surface area contributed by atoms with Gasteiger partial charge in [-0.2, -0.15) is 0 Å². The maximum Gasteiger partial charge on any atom is 0.310 e. The van der Waals surface area contributed by atoms with E-state index in [0.717, 1.165) is 19.0 Å². The number of rotatable bonds is 5. The van der Waals surface area contributed by atoms with Crippen LogP contribution in [0.2, 0.25) is 0 Å². The largest absolute Gasteiger partial charge is 0.469 e. The van der Waals surface area contributed by atoms with E-state index in [-0.39, 0.29) is 17.8 Å². The van der Waals surface area contributed by atoms with Crippen molar-refractivity contribution < 1.29 is 9.53 Å². The van der Waals surface area contributed by atoms with Gasteiger partial charge >= 0.3 is 5.97 Å². The number of hydrogen-bond donors (Lipinski definition) is 1. The van der Waals surface area contributed by atoms with Gasteiger partial charge in [0.15, 0.2) is 5.96 Å². The molecule has 25 heavy (non-hydrogen) atoms. The molecule has 0 aromatic heterocycles. The Balaban J connectivity index is 2.11. The first-order chi connectivity index (χ1) is 12.0. The number of methoxy groups -OCH3 is 1. The number of aliphatic imine (C=N–C) groups is 1. The molecule has 0 aliphatic carbocycles. The number of nitrogens with zero attached hydrogens (tertiary/aromatic N) is 3. The summed E-state index contributed by atoms with van der Waals surface area (Å²) in [6, 6.07) is 8.38. The summed E-state index contributed by atoms with van der Waals surface area (Å²) in [6.07, 6.45) is 0. The minimum Gasteiger partial charge on any atom is -0.469 e. The Morgan fingerprint density at radius 1 is 1.40 bits per heavy atom. The molecule has 1 aromatic carbocycles. The van der Waals surface area contributed by atoms with Crippen molar-refractivity contribution in [1.82, 2.24) is 10.2 Å². The smallest absolute Gasteiger partial charge is 0.310 e. The number of hydrogen-bond acceptors (Lipinski definition) is 4. The van der Waals surface area contributed by atoms with Crippen LogP contribution in [0, 0.1) is 11.8 Å². The van der Waals surface area contributed by atoms with Crippen molar-refractivity contribution in [2.45, 2.75) is 20.4 Å². The lowest BCUT2D eigenvalue weighted by Crippen LogP contribution is -2.40. The number of nitrogens with one attached hydrogen (secondary N) is 1. The highest BCUT2D eigenvalue weighted by Crippen LogP contribution is 2.24. The number of carbonyl (C=O) groups is 1. The lowest BCUT2D eigenvalue weighted by Gasteiger charge is -2.21. The fraction of sp³-hybridized carbons (Fsp3) is 0.579. The summed E-state index contributed by atoms with van der Waals surface area (Å²) in [4.78, 5) is 20.9. The molecule has 1 heterocycles. The number of carbonyl (C=O) groups excluding carboxylic acids is 1. The third-order valence-corrected chi connectivity index (χ3v) is 4.59. The molecule has 0 saturated carbocycles. The van der Waals surface area contributed by atoms with E-state index in [1.807, 2.05) is 14.1 Å². The van der Waals surface area contributed by atoms with Crippen LogP contribution in [0.3, 0.4) is 0 Å². The Morgan fingerprint density at radius 3 is 2.80 bits per heavy atom. The average molecular weight is 346 g/mol. The number of likely N-dealkylation sites (tertiary alicyclic amines) is 1. The van der Waals surface area contributed by atoms with Crippen LogP contribution < -0.4 is 10.2 Å². The van der Waals surface area contributed by atoms with Crippen LogP contribution >= 0.6 is 0 Å². The Morgan fingerprint density at radius 2 is 2.16 bits per heavy atom. The molecular weight excluding hydrogens is 316 g/mol. The summed E-state index contributed by atoms with van der Waals surface area (Å²) in [5, 5.41) is 3.34. The summed E-state index contributed by atoms with van der Waals surface area (Å²) < 4.78 is 4.93. The van der Waals surface area contributed by atoms with Crippen molar-refractivity contribution >= 4 is 17.6 Å². The van der Waals surface area contributed by atoms with E-state index in [2.05, 4.69) is 53.2 Å². The lowest BCUT2D eigenvalue weighted by molar-refractivity contribution is -0.145. The van der Waals surface area contributed by atoms with E-state index in [1.54, 1.807) is 0 Å². The topological polar surface area (TPSA) is 57.2 Å². The highest BCUT2D eigenvalue weighted by Gasteiger charge is 2.36. The fourth-order valence-electron chi connectivity index (χ4n) is 3.12. The fourth-order valence-corrected chi connectivity index (χ4v) is 3.12. The SMILES string of the molecule is CCNC(=NCc1cccc(N(C)C)c1)N1CC(C)C(C(=O)OC)C1. The summed E-state index contributed by atoms with van der Waals surface area (Å²) in [7, 11) is 5.52. The van der Waals surface area contributed by atoms with Crippen molar-refractivity contribution in [3.63, 3.8) is 0 Å². The minimum atomic E-state index is -0.135. The molecule has 1 aromatic rings. The molecule has 2 atom stereocenters. The van der Waals surface area contributed by atoms with Crippen LogP contribution in [0.5, 0.6) is 0 Å². The molecule has 0 radical (unpaired) electrons. The van der Waals surface area contributed by atoms with Crippen LogP contribution in [-0.4, -0.2) is 57.7 Å². The molecule has 1 aliphatic rings. The molecule has 1 aliphatic heterocycles. The average Bonchev–Trinajstić information content (AvgIpc) is 2.99. The van der Waals surface area contributed by atoms with Gasteiger partial charge in [-0.25, -0.2) is 4.99 Å². The molecule has 2 unspecified atom stereocenters. The first-order valence-electron chi connectivity index (χ1n) is 8.83. The molecule has 6 nitrogen and oxygen atoms in total. The number of anilines is 1. The number of ether oxygens (including phenoxy) is 1. The predicted molar refractivity (Wildman–Crippen MR) is 102 cm³/mol. The third kappa shape index (κ3) is 4.87. The molecule has 0 amide bonds. The predicted octanol–water partition coefficient (Wildman–Crippen LogP) is 1.96. The van der Waals surface area contributed by atoms with Gasteiger partial charge in [-0.3, -0.25) is 4.79 Å². The van der Waals surface area contributed by atoms with E-state index in [4.69, 9.17) is 9.73 Å². The summed E-state index contributed by atoms with van der Waals surface area (Å²) in [5.41, 5.74) is 2.33. The minimum absolute atomic E-state index is 0.0917. The van der Waals surface area contributed by atoms with E-state index < -0.39 is 0 Å². The van der Waals surface area contributed by atoms with Crippen molar-refractivity contribution in [2.75, 3.05) is 45.7 Å². The molecule has 2 rings (SSSR count). The summed E-state index contributed by atoms with van der Waals surface area (Å²) >= 11 is 0. The number of benzene rings is 1. The van der Waals surface area contributed by atoms with Gasteiger partial charge in [0.25, 0.3) is 0 Å². The highest BCUT2D eigenvalue weighted by atomic mass is 16.5. The number of esters is 1. The van der Waals surface area contributed by atoms with Crippen LogP contribution in [0.1, 0.15) is 19.4 Å². The Kier molecular flexibility index (Phi) is 6.67. The van der Waals surface area contributed by atoms with Gasteiger partial charge in [-0.05, 0) is 30.5 Å². The molecule has 6 heteroatoms.